The van der Waals surface area contributed by atoms with Crippen LogP contribution >= 0.6 is 12.2 Å². The van der Waals surface area contributed by atoms with Crippen molar-refractivity contribution in [3.05, 3.63) is 28.5 Å². The van der Waals surface area contributed by atoms with Gasteiger partial charge in [-0.15, -0.1) is 0 Å². The Bertz CT molecular complexity index is 642. The number of aromatic nitrogens is 2. The van der Waals surface area contributed by atoms with Gasteiger partial charge in [0, 0.05) is 13.0 Å². The third-order valence-corrected chi connectivity index (χ3v) is 3.32. The zero-order valence-corrected chi connectivity index (χ0v) is 12.0. The summed E-state index contributed by atoms with van der Waals surface area (Å²) in [6.45, 7) is 5.02. The summed E-state index contributed by atoms with van der Waals surface area (Å²) in [5.41, 5.74) is 3.32. The summed E-state index contributed by atoms with van der Waals surface area (Å²) >= 11 is 5.32. The number of carbonyl (C=O) groups excluding carboxylic acids is 1. The number of ether oxygens (including phenoxy) is 1. The zero-order chi connectivity index (χ0) is 13.8. The molecule has 19 heavy (non-hydrogen) atoms. The van der Waals surface area contributed by atoms with Gasteiger partial charge in [0.25, 0.3) is 0 Å². The van der Waals surface area contributed by atoms with Crippen molar-refractivity contribution in [1.82, 2.24) is 9.55 Å². The monoisotopic (exact) mass is 278 g/mol. The highest BCUT2D eigenvalue weighted by molar-refractivity contribution is 7.71. The molecule has 0 aliphatic heterocycles. The molecule has 1 heterocycles. The molecule has 0 atom stereocenters. The minimum atomic E-state index is -0.148. The first-order chi connectivity index (χ1) is 9.11. The Morgan fingerprint density at radius 1 is 1.47 bits per heavy atom. The molecular weight excluding hydrogens is 260 g/mol. The van der Waals surface area contributed by atoms with Gasteiger partial charge in [-0.1, -0.05) is 6.07 Å². The molecule has 0 bridgehead atoms. The van der Waals surface area contributed by atoms with E-state index in [-0.39, 0.29) is 5.97 Å². The highest BCUT2D eigenvalue weighted by Gasteiger charge is 2.06. The third-order valence-electron chi connectivity index (χ3n) is 3.00. The molecule has 102 valence electrons. The lowest BCUT2D eigenvalue weighted by atomic mass is 10.2. The van der Waals surface area contributed by atoms with Gasteiger partial charge >= 0.3 is 5.97 Å². The number of nitrogens with zero attached hydrogens (tertiary/aromatic N) is 1. The van der Waals surface area contributed by atoms with Crippen LogP contribution in [-0.4, -0.2) is 22.1 Å². The van der Waals surface area contributed by atoms with Gasteiger partial charge < -0.3 is 14.3 Å². The Morgan fingerprint density at radius 3 is 3.00 bits per heavy atom. The van der Waals surface area contributed by atoms with Crippen LogP contribution in [0.5, 0.6) is 0 Å². The fourth-order valence-corrected chi connectivity index (χ4v) is 2.41. The Hall–Kier alpha value is -1.62. The van der Waals surface area contributed by atoms with Crippen molar-refractivity contribution in [3.8, 4) is 0 Å². The summed E-state index contributed by atoms with van der Waals surface area (Å²) < 4.78 is 7.64. The Labute approximate surface area is 117 Å². The summed E-state index contributed by atoms with van der Waals surface area (Å²) in [5.74, 6) is -0.148. The maximum Gasteiger partial charge on any atom is 0.305 e. The number of imidazole rings is 1. The van der Waals surface area contributed by atoms with Crippen LogP contribution in [0.4, 0.5) is 0 Å². The maximum absolute atomic E-state index is 11.3. The standard InChI is InChI=1S/C14H18N2O2S/c1-3-18-13(17)5-4-8-16-12-7-6-10(2)9-11(12)15-14(16)19/h6-7,9H,3-5,8H2,1-2H3,(H,15,19). The number of hydrogen-bond acceptors (Lipinski definition) is 3. The maximum atomic E-state index is 11.3. The smallest absolute Gasteiger partial charge is 0.305 e. The lowest BCUT2D eigenvalue weighted by molar-refractivity contribution is -0.143. The van der Waals surface area contributed by atoms with E-state index in [9.17, 15) is 4.79 Å². The third kappa shape index (κ3) is 3.23. The average molecular weight is 278 g/mol. The average Bonchev–Trinajstić information content (AvgIpc) is 2.65. The van der Waals surface area contributed by atoms with Crippen LogP contribution in [0.3, 0.4) is 0 Å². The minimum Gasteiger partial charge on any atom is -0.466 e. The molecule has 0 fully saturated rings. The van der Waals surface area contributed by atoms with Gasteiger partial charge in [0.15, 0.2) is 4.77 Å². The molecule has 5 heteroatoms. The van der Waals surface area contributed by atoms with Crippen LogP contribution in [0.15, 0.2) is 18.2 Å². The summed E-state index contributed by atoms with van der Waals surface area (Å²) in [4.78, 5) is 14.5. The Morgan fingerprint density at radius 2 is 2.26 bits per heavy atom. The van der Waals surface area contributed by atoms with Crippen molar-refractivity contribution in [2.75, 3.05) is 6.61 Å². The van der Waals surface area contributed by atoms with E-state index in [4.69, 9.17) is 17.0 Å². The number of carbonyl (C=O) groups is 1. The second-order valence-electron chi connectivity index (χ2n) is 4.51. The van der Waals surface area contributed by atoms with Crippen molar-refractivity contribution in [1.29, 1.82) is 0 Å². The predicted molar refractivity (Wildman–Crippen MR) is 77.7 cm³/mol. The van der Waals surface area contributed by atoms with Crippen molar-refractivity contribution < 1.29 is 9.53 Å². The first-order valence-electron chi connectivity index (χ1n) is 6.46. The molecular formula is C14H18N2O2S. The number of esters is 1. The van der Waals surface area contributed by atoms with Crippen LogP contribution in [0.25, 0.3) is 11.0 Å². The molecule has 0 aliphatic rings. The fraction of sp³-hybridized carbons (Fsp3) is 0.429. The lowest BCUT2D eigenvalue weighted by Gasteiger charge is -2.05. The first kappa shape index (κ1) is 13.8. The molecule has 0 aliphatic carbocycles. The second-order valence-corrected chi connectivity index (χ2v) is 4.90. The largest absolute Gasteiger partial charge is 0.466 e. The fourth-order valence-electron chi connectivity index (χ4n) is 2.11. The quantitative estimate of drug-likeness (QED) is 0.674. The van der Waals surface area contributed by atoms with E-state index >= 15 is 0 Å². The first-order valence-corrected chi connectivity index (χ1v) is 6.87. The number of aromatic amines is 1. The summed E-state index contributed by atoms with van der Waals surface area (Å²) in [7, 11) is 0. The van der Waals surface area contributed by atoms with Crippen LogP contribution in [-0.2, 0) is 16.1 Å². The molecule has 2 aromatic rings. The minimum absolute atomic E-state index is 0.148. The van der Waals surface area contributed by atoms with E-state index in [0.717, 1.165) is 24.0 Å². The van der Waals surface area contributed by atoms with E-state index in [2.05, 4.69) is 30.1 Å². The Balaban J connectivity index is 2.10. The van der Waals surface area contributed by atoms with E-state index in [1.54, 1.807) is 0 Å². The van der Waals surface area contributed by atoms with Gasteiger partial charge in [-0.25, -0.2) is 0 Å². The van der Waals surface area contributed by atoms with Gasteiger partial charge in [0.1, 0.15) is 0 Å². The highest BCUT2D eigenvalue weighted by atomic mass is 32.1. The SMILES string of the molecule is CCOC(=O)CCCn1c(=S)[nH]c2cc(C)ccc21. The van der Waals surface area contributed by atoms with Gasteiger partial charge in [0.05, 0.1) is 17.6 Å². The molecule has 0 radical (unpaired) electrons. The Kier molecular flexibility index (Phi) is 4.37. The molecule has 1 aromatic heterocycles. The van der Waals surface area contributed by atoms with Crippen molar-refractivity contribution in [2.24, 2.45) is 0 Å². The van der Waals surface area contributed by atoms with Crippen LogP contribution in [0, 0.1) is 11.7 Å². The van der Waals surface area contributed by atoms with Gasteiger partial charge in [-0.05, 0) is 50.2 Å². The van der Waals surface area contributed by atoms with E-state index < -0.39 is 0 Å². The number of aryl methyl sites for hydroxylation is 2. The van der Waals surface area contributed by atoms with Crippen molar-refractivity contribution in [2.45, 2.75) is 33.2 Å². The van der Waals surface area contributed by atoms with Crippen molar-refractivity contribution >= 4 is 29.2 Å². The molecule has 2 rings (SSSR count). The second kappa shape index (κ2) is 6.02. The van der Waals surface area contributed by atoms with Crippen LogP contribution in [0.2, 0.25) is 0 Å². The number of benzene rings is 1. The van der Waals surface area contributed by atoms with Crippen molar-refractivity contribution in [3.63, 3.8) is 0 Å². The number of nitrogens with one attached hydrogen (secondary N) is 1. The molecule has 0 spiro atoms. The zero-order valence-electron chi connectivity index (χ0n) is 11.2. The number of H-pyrrole nitrogens is 1. The summed E-state index contributed by atoms with van der Waals surface area (Å²) in [6, 6.07) is 6.20. The molecule has 0 amide bonds. The van der Waals surface area contributed by atoms with E-state index in [1.807, 2.05) is 11.5 Å². The lowest BCUT2D eigenvalue weighted by Crippen LogP contribution is -2.06. The van der Waals surface area contributed by atoms with Crippen LogP contribution < -0.4 is 0 Å². The molecule has 4 nitrogen and oxygen atoms in total. The predicted octanol–water partition coefficient (Wildman–Crippen LogP) is 3.35. The number of hydrogen-bond donors (Lipinski definition) is 1. The molecule has 1 N–H and O–H groups in total. The van der Waals surface area contributed by atoms with E-state index in [1.165, 1.54) is 5.56 Å². The van der Waals surface area contributed by atoms with Gasteiger partial charge in [0.2, 0.25) is 0 Å². The summed E-state index contributed by atoms with van der Waals surface area (Å²) in [6.07, 6.45) is 1.15. The van der Waals surface area contributed by atoms with Crippen LogP contribution in [0.1, 0.15) is 25.3 Å². The number of rotatable bonds is 5. The topological polar surface area (TPSA) is 47.0 Å². The summed E-state index contributed by atoms with van der Waals surface area (Å²) in [5, 5.41) is 0. The normalized spacial score (nSPS) is 10.8. The molecule has 0 saturated carbocycles. The number of fused-ring (bicyclic) bond motifs is 1. The molecule has 0 unspecified atom stereocenters. The van der Waals surface area contributed by atoms with E-state index in [0.29, 0.717) is 17.8 Å². The molecule has 0 saturated heterocycles. The van der Waals surface area contributed by atoms with Gasteiger partial charge in [-0.2, -0.15) is 0 Å². The highest BCUT2D eigenvalue weighted by Crippen LogP contribution is 2.16. The molecule has 1 aromatic carbocycles. The van der Waals surface area contributed by atoms with Gasteiger partial charge in [-0.3, -0.25) is 4.79 Å².